The van der Waals surface area contributed by atoms with E-state index in [-0.39, 0.29) is 11.0 Å². The molecular weight excluding hydrogens is 474 g/mol. The predicted octanol–water partition coefficient (Wildman–Crippen LogP) is -8.82. The Labute approximate surface area is 173 Å². The molecule has 0 aromatic heterocycles. The van der Waals surface area contributed by atoms with Gasteiger partial charge in [-0.05, 0) is 0 Å². The highest BCUT2D eigenvalue weighted by atomic mass is 32.3. The molecule has 1 spiro atoms. The largest absolute Gasteiger partial charge is 0.731 e. The normalized spacial score (nSPS) is 32.1. The van der Waals surface area contributed by atoms with Gasteiger partial charge in [-0.15, -0.1) is 5.06 Å². The first-order valence-corrected chi connectivity index (χ1v) is 10.8. The number of nitrogens with one attached hydrogen (secondary N) is 3. The van der Waals surface area contributed by atoms with Crippen LogP contribution in [0.1, 0.15) is 0 Å². The van der Waals surface area contributed by atoms with Gasteiger partial charge in [0.05, 0.1) is 0 Å². The first kappa shape index (κ1) is 23.1. The lowest BCUT2D eigenvalue weighted by Crippen LogP contribution is -2.91. The van der Waals surface area contributed by atoms with Gasteiger partial charge in [0.15, 0.2) is 28.5 Å². The van der Waals surface area contributed by atoms with Gasteiger partial charge in [-0.1, -0.05) is 0 Å². The Balaban J connectivity index is 1.99. The highest BCUT2D eigenvalue weighted by Gasteiger charge is 2.80. The van der Waals surface area contributed by atoms with E-state index in [4.69, 9.17) is 11.5 Å². The fraction of sp³-hybridized carbons (Fsp3) is 0.700. The number of hydrogen-bond donors (Lipinski definition) is 8. The summed E-state index contributed by atoms with van der Waals surface area (Å²) in [7, 11) is -10.6. The number of hydrogen-bond acceptors (Lipinski definition) is 16. The maximum absolute atomic E-state index is 11.5. The molecule has 0 aromatic rings. The molecule has 0 aromatic carbocycles. The molecule has 176 valence electrons. The van der Waals surface area contributed by atoms with Gasteiger partial charge in [0, 0.05) is 0 Å². The fourth-order valence-corrected chi connectivity index (χ4v) is 4.55. The molecule has 0 bridgehead atoms. The summed E-state index contributed by atoms with van der Waals surface area (Å²) >= 11 is 0. The molecule has 3 rings (SSSR count). The maximum atomic E-state index is 11.5. The van der Waals surface area contributed by atoms with Crippen molar-refractivity contribution in [2.24, 2.45) is 11.5 Å². The van der Waals surface area contributed by atoms with Crippen LogP contribution in [-0.4, -0.2) is 112 Å². The van der Waals surface area contributed by atoms with Crippen molar-refractivity contribution in [1.82, 2.24) is 15.1 Å². The standard InChI is InChI=1S/C10H17N7O12S2/c11-6-13-5-3(2-28-8(18)15-30(22,23)24)17(21)7(12)16-1-4(29-31(25,26)27)10(19,20)9(5,16)14-6/h3-5,12,19-21H,1-2H2,(H6,11,13,14,15,18,22,23,24,25,26,27)/t3-,4+,5-,9-/m0/s1. The Kier molecular flexibility index (Phi) is 5.22. The third-order valence-corrected chi connectivity index (χ3v) is 5.79. The number of nitrogens with zero attached hydrogens (tertiary/aromatic N) is 2. The van der Waals surface area contributed by atoms with E-state index in [9.17, 15) is 46.2 Å². The van der Waals surface area contributed by atoms with Crippen molar-refractivity contribution in [3.05, 3.63) is 0 Å². The van der Waals surface area contributed by atoms with E-state index in [0.717, 1.165) is 9.30 Å². The van der Waals surface area contributed by atoms with Crippen LogP contribution in [0.4, 0.5) is 4.79 Å². The number of aliphatic hydroxyl groups is 2. The molecule has 3 heterocycles. The minimum absolute atomic E-state index is 0.277. The Morgan fingerprint density at radius 3 is 2.52 bits per heavy atom. The summed E-state index contributed by atoms with van der Waals surface area (Å²) in [6, 6.07) is -2.98. The third-order valence-electron chi connectivity index (χ3n) is 4.91. The van der Waals surface area contributed by atoms with Crippen molar-refractivity contribution in [3.63, 3.8) is 0 Å². The van der Waals surface area contributed by atoms with E-state index in [0.29, 0.717) is 0 Å². The van der Waals surface area contributed by atoms with E-state index < -0.39 is 75.5 Å². The SMILES string of the molecule is NC1=[NH+][C@H]2[C@H](COC(=O)NS(=O)(=O)[O-])N(O)C(N)=[N+]3C[C@@H](OS(=O)(=O)[O-])C(O)(O)[C@]23N1. The van der Waals surface area contributed by atoms with Gasteiger partial charge in [0.1, 0.15) is 13.2 Å². The number of carbonyl (C=O) groups excluding carboxylic acids is 1. The second kappa shape index (κ2) is 6.99. The lowest BCUT2D eigenvalue weighted by atomic mass is 9.86. The van der Waals surface area contributed by atoms with E-state index in [2.05, 4.69) is 19.2 Å². The van der Waals surface area contributed by atoms with Gasteiger partial charge in [0.25, 0.3) is 11.4 Å². The minimum atomic E-state index is -5.42. The first-order chi connectivity index (χ1) is 14.0. The van der Waals surface area contributed by atoms with Gasteiger partial charge in [-0.3, -0.25) is 20.6 Å². The summed E-state index contributed by atoms with van der Waals surface area (Å²) in [4.78, 5) is 14.0. The summed E-state index contributed by atoms with van der Waals surface area (Å²) in [6.45, 7) is -1.64. The minimum Gasteiger partial charge on any atom is -0.731 e. The van der Waals surface area contributed by atoms with Crippen molar-refractivity contribution in [3.8, 4) is 0 Å². The predicted molar refractivity (Wildman–Crippen MR) is 87.5 cm³/mol. The molecular formula is C10H17N7O12S2. The molecule has 19 nitrogen and oxygen atoms in total. The molecule has 0 unspecified atom stereocenters. The topological polar surface area (TPSA) is 307 Å². The number of guanidine groups is 2. The molecule has 0 saturated carbocycles. The number of hydroxylamine groups is 2. The maximum Gasteiger partial charge on any atom is 0.420 e. The summed E-state index contributed by atoms with van der Waals surface area (Å²) in [5.74, 6) is -4.17. The van der Waals surface area contributed by atoms with Gasteiger partial charge in [0.2, 0.25) is 10.4 Å². The number of rotatable bonds is 5. The lowest BCUT2D eigenvalue weighted by molar-refractivity contribution is -0.684. The molecule has 0 radical (unpaired) electrons. The molecule has 31 heavy (non-hydrogen) atoms. The second-order valence-electron chi connectivity index (χ2n) is 6.68. The molecule has 10 N–H and O–H groups in total. The molecule has 3 aliphatic rings. The van der Waals surface area contributed by atoms with E-state index >= 15 is 0 Å². The molecule has 1 amide bonds. The number of ether oxygens (including phenoxy) is 1. The Hall–Kier alpha value is -2.53. The molecule has 21 heteroatoms. The highest BCUT2D eigenvalue weighted by molar-refractivity contribution is 7.84. The zero-order valence-electron chi connectivity index (χ0n) is 15.0. The number of nitrogens with two attached hydrogens (primary N) is 2. The Morgan fingerprint density at radius 2 is 1.97 bits per heavy atom. The van der Waals surface area contributed by atoms with Crippen LogP contribution in [0.25, 0.3) is 0 Å². The summed E-state index contributed by atoms with van der Waals surface area (Å²) in [5.41, 5.74) is 9.20. The van der Waals surface area contributed by atoms with Crippen molar-refractivity contribution in [2.45, 2.75) is 29.6 Å². The summed E-state index contributed by atoms with van der Waals surface area (Å²) in [6.07, 6.45) is -3.83. The fourth-order valence-electron chi connectivity index (χ4n) is 3.81. The van der Waals surface area contributed by atoms with Crippen LogP contribution in [0.15, 0.2) is 0 Å². The van der Waals surface area contributed by atoms with E-state index in [1.807, 2.05) is 0 Å². The Morgan fingerprint density at radius 1 is 1.35 bits per heavy atom. The zero-order chi connectivity index (χ0) is 23.6. The van der Waals surface area contributed by atoms with Crippen LogP contribution in [0, 0.1) is 0 Å². The smallest absolute Gasteiger partial charge is 0.420 e. The average Bonchev–Trinajstić information content (AvgIpc) is 3.02. The highest BCUT2D eigenvalue weighted by Crippen LogP contribution is 2.40. The Bertz CT molecular complexity index is 1070. The van der Waals surface area contributed by atoms with Crippen LogP contribution < -0.4 is 26.5 Å². The lowest BCUT2D eigenvalue weighted by Gasteiger charge is -2.42. The summed E-state index contributed by atoms with van der Waals surface area (Å²) in [5, 5.41) is 34.6. The molecule has 1 fully saturated rings. The molecule has 1 saturated heterocycles. The van der Waals surface area contributed by atoms with Gasteiger partial charge in [-0.2, -0.15) is 0 Å². The van der Waals surface area contributed by atoms with Crippen LogP contribution in [0.3, 0.4) is 0 Å². The monoisotopic (exact) mass is 491 g/mol. The van der Waals surface area contributed by atoms with Crippen LogP contribution in [0.2, 0.25) is 0 Å². The van der Waals surface area contributed by atoms with Crippen molar-refractivity contribution < 1.29 is 64.6 Å². The van der Waals surface area contributed by atoms with E-state index in [1.165, 1.54) is 0 Å². The number of amides is 1. The van der Waals surface area contributed by atoms with Gasteiger partial charge < -0.3 is 24.1 Å². The van der Waals surface area contributed by atoms with Crippen molar-refractivity contribution >= 4 is 38.7 Å². The molecule has 0 aliphatic carbocycles. The molecule has 3 aliphatic heterocycles. The molecule has 4 atom stereocenters. The second-order valence-corrected chi connectivity index (χ2v) is 8.80. The van der Waals surface area contributed by atoms with E-state index in [1.54, 1.807) is 0 Å². The number of carbonyl (C=O) groups is 1. The van der Waals surface area contributed by atoms with Crippen molar-refractivity contribution in [1.29, 1.82) is 0 Å². The van der Waals surface area contributed by atoms with Crippen LogP contribution >= 0.6 is 0 Å². The summed E-state index contributed by atoms with van der Waals surface area (Å²) < 4.78 is 75.3. The third kappa shape index (κ3) is 3.80. The quantitative estimate of drug-likeness (QED) is 0.0765. The van der Waals surface area contributed by atoms with Gasteiger partial charge in [-0.25, -0.2) is 41.5 Å². The van der Waals surface area contributed by atoms with Crippen LogP contribution in [0.5, 0.6) is 0 Å². The van der Waals surface area contributed by atoms with Gasteiger partial charge >= 0.3 is 18.0 Å². The van der Waals surface area contributed by atoms with Crippen LogP contribution in [-0.2, 0) is 29.6 Å². The first-order valence-electron chi connectivity index (χ1n) is 8.04. The van der Waals surface area contributed by atoms with Crippen molar-refractivity contribution in [2.75, 3.05) is 13.2 Å². The average molecular weight is 491 g/mol. The zero-order valence-corrected chi connectivity index (χ0v) is 16.7.